The molecule has 0 aromatic carbocycles. The molecule has 2 rings (SSSR count). The van der Waals surface area contributed by atoms with Gasteiger partial charge in [-0.3, -0.25) is 9.79 Å². The van der Waals surface area contributed by atoms with E-state index in [0.29, 0.717) is 5.25 Å². The van der Waals surface area contributed by atoms with Gasteiger partial charge >= 0.3 is 0 Å². The standard InChI is InChI=1S/C18H35N5OS/c1-2-20-18(22-14-16-6-5-13-25-16)21-9-3-4-10-23-11-7-15(8-12-23)17(19)24/h15-16H,2-14H2,1H3,(H2,19,24)(H2,20,21,22). The molecule has 0 saturated carbocycles. The molecule has 144 valence electrons. The maximum absolute atomic E-state index is 11.2. The average Bonchev–Trinajstić information content (AvgIpc) is 3.13. The number of nitrogens with two attached hydrogens (primary N) is 1. The quantitative estimate of drug-likeness (QED) is 0.325. The number of nitrogens with one attached hydrogen (secondary N) is 2. The second kappa shape index (κ2) is 11.6. The van der Waals surface area contributed by atoms with Crippen molar-refractivity contribution in [3.8, 4) is 0 Å². The van der Waals surface area contributed by atoms with Gasteiger partial charge in [0.15, 0.2) is 5.96 Å². The Kier molecular flexibility index (Phi) is 9.47. The number of unbranched alkanes of at least 4 members (excludes halogenated alkanes) is 1. The third kappa shape index (κ3) is 7.86. The van der Waals surface area contributed by atoms with Crippen LogP contribution in [0, 0.1) is 5.92 Å². The number of primary amides is 1. The number of aliphatic imine (C=N–C) groups is 1. The molecule has 2 fully saturated rings. The number of likely N-dealkylation sites (tertiary alicyclic amines) is 1. The van der Waals surface area contributed by atoms with E-state index in [2.05, 4.69) is 34.2 Å². The van der Waals surface area contributed by atoms with Crippen molar-refractivity contribution in [2.24, 2.45) is 16.6 Å². The highest BCUT2D eigenvalue weighted by molar-refractivity contribution is 8.00. The second-order valence-corrected chi connectivity index (χ2v) is 8.42. The first-order chi connectivity index (χ1) is 12.2. The fourth-order valence-corrected chi connectivity index (χ4v) is 4.61. The summed E-state index contributed by atoms with van der Waals surface area (Å²) in [6.45, 7) is 8.01. The molecule has 6 nitrogen and oxygen atoms in total. The molecule has 2 saturated heterocycles. The number of rotatable bonds is 9. The monoisotopic (exact) mass is 369 g/mol. The molecule has 2 aliphatic heterocycles. The summed E-state index contributed by atoms with van der Waals surface area (Å²) < 4.78 is 0. The lowest BCUT2D eigenvalue weighted by Crippen LogP contribution is -2.40. The molecule has 25 heavy (non-hydrogen) atoms. The number of carbonyl (C=O) groups excluding carboxylic acids is 1. The van der Waals surface area contributed by atoms with Gasteiger partial charge in [0, 0.05) is 24.3 Å². The molecule has 0 bridgehead atoms. The lowest BCUT2D eigenvalue weighted by molar-refractivity contribution is -0.123. The van der Waals surface area contributed by atoms with Crippen LogP contribution in [0.5, 0.6) is 0 Å². The number of nitrogens with zero attached hydrogens (tertiary/aromatic N) is 2. The largest absolute Gasteiger partial charge is 0.369 e. The Labute approximate surface area is 156 Å². The van der Waals surface area contributed by atoms with Gasteiger partial charge in [0.25, 0.3) is 0 Å². The second-order valence-electron chi connectivity index (χ2n) is 7.01. The van der Waals surface area contributed by atoms with Crippen molar-refractivity contribution in [1.82, 2.24) is 15.5 Å². The molecular weight excluding hydrogens is 334 g/mol. The third-order valence-electron chi connectivity index (χ3n) is 5.00. The van der Waals surface area contributed by atoms with Gasteiger partial charge in [-0.1, -0.05) is 0 Å². The van der Waals surface area contributed by atoms with Crippen LogP contribution >= 0.6 is 11.8 Å². The van der Waals surface area contributed by atoms with Crippen LogP contribution in [0.1, 0.15) is 45.4 Å². The summed E-state index contributed by atoms with van der Waals surface area (Å²) in [6.07, 6.45) is 6.80. The van der Waals surface area contributed by atoms with Crippen LogP contribution in [0.4, 0.5) is 0 Å². The molecule has 1 unspecified atom stereocenters. The van der Waals surface area contributed by atoms with E-state index >= 15 is 0 Å². The van der Waals surface area contributed by atoms with E-state index in [0.717, 1.165) is 64.5 Å². The predicted octanol–water partition coefficient (Wildman–Crippen LogP) is 1.41. The summed E-state index contributed by atoms with van der Waals surface area (Å²) in [7, 11) is 0. The molecule has 7 heteroatoms. The first kappa shape index (κ1) is 20.4. The number of hydrogen-bond acceptors (Lipinski definition) is 4. The number of thioether (sulfide) groups is 1. The molecule has 1 amide bonds. The summed E-state index contributed by atoms with van der Waals surface area (Å²) in [5, 5.41) is 7.50. The van der Waals surface area contributed by atoms with E-state index in [1.54, 1.807) is 0 Å². The number of piperidine rings is 1. The Hall–Kier alpha value is -0.950. The highest BCUT2D eigenvalue weighted by Gasteiger charge is 2.22. The van der Waals surface area contributed by atoms with Crippen LogP contribution < -0.4 is 16.4 Å². The van der Waals surface area contributed by atoms with E-state index in [1.807, 2.05) is 0 Å². The summed E-state index contributed by atoms with van der Waals surface area (Å²) in [5.41, 5.74) is 5.39. The van der Waals surface area contributed by atoms with Gasteiger partial charge in [-0.25, -0.2) is 0 Å². The number of amides is 1. The maximum atomic E-state index is 11.2. The highest BCUT2D eigenvalue weighted by atomic mass is 32.2. The topological polar surface area (TPSA) is 82.8 Å². The van der Waals surface area contributed by atoms with Crippen molar-refractivity contribution in [3.63, 3.8) is 0 Å². The fourth-order valence-electron chi connectivity index (χ4n) is 3.43. The molecule has 0 spiro atoms. The van der Waals surface area contributed by atoms with Crippen LogP contribution in [0.15, 0.2) is 4.99 Å². The van der Waals surface area contributed by atoms with E-state index in [1.165, 1.54) is 25.0 Å². The van der Waals surface area contributed by atoms with Crippen LogP contribution in [0.3, 0.4) is 0 Å². The number of hydrogen-bond donors (Lipinski definition) is 3. The highest BCUT2D eigenvalue weighted by Crippen LogP contribution is 2.26. The van der Waals surface area contributed by atoms with Gasteiger partial charge in [-0.15, -0.1) is 0 Å². The van der Waals surface area contributed by atoms with Crippen LogP contribution in [0.25, 0.3) is 0 Å². The summed E-state index contributed by atoms with van der Waals surface area (Å²) in [4.78, 5) is 18.4. The summed E-state index contributed by atoms with van der Waals surface area (Å²) >= 11 is 2.05. The predicted molar refractivity (Wildman–Crippen MR) is 107 cm³/mol. The Morgan fingerprint density at radius 3 is 2.68 bits per heavy atom. The van der Waals surface area contributed by atoms with E-state index in [4.69, 9.17) is 10.7 Å². The molecule has 0 radical (unpaired) electrons. The van der Waals surface area contributed by atoms with Gasteiger partial charge in [0.1, 0.15) is 0 Å². The van der Waals surface area contributed by atoms with Gasteiger partial charge in [-0.2, -0.15) is 11.8 Å². The molecule has 1 atom stereocenters. The lowest BCUT2D eigenvalue weighted by Gasteiger charge is -2.30. The average molecular weight is 370 g/mol. The van der Waals surface area contributed by atoms with Crippen molar-refractivity contribution >= 4 is 23.6 Å². The summed E-state index contributed by atoms with van der Waals surface area (Å²) in [5.74, 6) is 2.21. The normalized spacial score (nSPS) is 22.9. The van der Waals surface area contributed by atoms with E-state index in [-0.39, 0.29) is 11.8 Å². The Balaban J connectivity index is 1.55. The van der Waals surface area contributed by atoms with E-state index in [9.17, 15) is 4.79 Å². The molecule has 2 aliphatic rings. The SMILES string of the molecule is CCNC(=NCC1CCCS1)NCCCCN1CCC(C(N)=O)CC1. The van der Waals surface area contributed by atoms with Gasteiger partial charge in [-0.05, 0) is 70.8 Å². The Bertz CT molecular complexity index is 418. The van der Waals surface area contributed by atoms with Crippen molar-refractivity contribution in [2.45, 2.75) is 50.7 Å². The third-order valence-corrected chi connectivity index (χ3v) is 6.39. The van der Waals surface area contributed by atoms with Crippen molar-refractivity contribution in [3.05, 3.63) is 0 Å². The number of guanidine groups is 1. The zero-order valence-electron chi connectivity index (χ0n) is 15.6. The first-order valence-electron chi connectivity index (χ1n) is 9.84. The molecule has 0 aromatic heterocycles. The molecule has 4 N–H and O–H groups in total. The minimum atomic E-state index is -0.130. The van der Waals surface area contributed by atoms with Crippen LogP contribution in [0.2, 0.25) is 0 Å². The van der Waals surface area contributed by atoms with Crippen LogP contribution in [-0.2, 0) is 4.79 Å². The molecule has 2 heterocycles. The fraction of sp³-hybridized carbons (Fsp3) is 0.889. The number of carbonyl (C=O) groups is 1. The maximum Gasteiger partial charge on any atom is 0.220 e. The van der Waals surface area contributed by atoms with Crippen molar-refractivity contribution in [2.75, 3.05) is 45.0 Å². The first-order valence-corrected chi connectivity index (χ1v) is 10.9. The molecule has 0 aromatic rings. The van der Waals surface area contributed by atoms with Gasteiger partial charge in [0.05, 0.1) is 6.54 Å². The zero-order valence-corrected chi connectivity index (χ0v) is 16.5. The molecular formula is C18H35N5OS. The minimum Gasteiger partial charge on any atom is -0.369 e. The lowest BCUT2D eigenvalue weighted by atomic mass is 9.96. The van der Waals surface area contributed by atoms with Gasteiger partial charge in [0.2, 0.25) is 5.91 Å². The van der Waals surface area contributed by atoms with Crippen LogP contribution in [-0.4, -0.2) is 67.0 Å². The smallest absolute Gasteiger partial charge is 0.220 e. The summed E-state index contributed by atoms with van der Waals surface area (Å²) in [6, 6.07) is 0. The Morgan fingerprint density at radius 2 is 2.04 bits per heavy atom. The van der Waals surface area contributed by atoms with Crippen molar-refractivity contribution < 1.29 is 4.79 Å². The zero-order chi connectivity index (χ0) is 17.9. The minimum absolute atomic E-state index is 0.0924. The van der Waals surface area contributed by atoms with Crippen molar-refractivity contribution in [1.29, 1.82) is 0 Å². The Morgan fingerprint density at radius 1 is 1.24 bits per heavy atom. The van der Waals surface area contributed by atoms with Gasteiger partial charge < -0.3 is 21.3 Å². The van der Waals surface area contributed by atoms with E-state index < -0.39 is 0 Å². The molecule has 0 aliphatic carbocycles.